The maximum Gasteiger partial charge on any atom is 0.291 e. The number of hydrogen-bond donors (Lipinski definition) is 4. The van der Waals surface area contributed by atoms with E-state index in [1.54, 1.807) is 26.2 Å². The molecule has 1 unspecified atom stereocenters. The molecule has 0 saturated carbocycles. The number of rotatable bonds is 9. The van der Waals surface area contributed by atoms with Gasteiger partial charge < -0.3 is 20.6 Å². The van der Waals surface area contributed by atoms with Crippen LogP contribution in [0.2, 0.25) is 0 Å². The van der Waals surface area contributed by atoms with Gasteiger partial charge in [-0.15, -0.1) is 0 Å². The number of benzene rings is 3. The summed E-state index contributed by atoms with van der Waals surface area (Å²) in [6.07, 6.45) is 0.647. The molecule has 0 fully saturated rings. The van der Waals surface area contributed by atoms with Crippen molar-refractivity contribution in [3.8, 4) is 5.75 Å². The van der Waals surface area contributed by atoms with Crippen LogP contribution in [0.1, 0.15) is 40.9 Å². The van der Waals surface area contributed by atoms with Gasteiger partial charge in [0.2, 0.25) is 0 Å². The minimum Gasteiger partial charge on any atom is -0.505 e. The van der Waals surface area contributed by atoms with Crippen molar-refractivity contribution in [1.29, 1.82) is 0 Å². The topological polar surface area (TPSA) is 119 Å². The number of phenolic OH excluding ortho intramolecular Hbond substituents is 1. The lowest BCUT2D eigenvalue weighted by atomic mass is 10.0. The molecule has 0 spiro atoms. The number of carbonyl (C=O) groups is 1. The average molecular weight is 514 g/mol. The third-order valence-electron chi connectivity index (χ3n) is 6.22. The van der Waals surface area contributed by atoms with E-state index in [0.717, 1.165) is 11.1 Å². The Labute approximate surface area is 220 Å². The number of phenols is 1. The molecule has 0 radical (unpaired) electrons. The lowest BCUT2D eigenvalue weighted by Crippen LogP contribution is -2.34. The van der Waals surface area contributed by atoms with Crippen LogP contribution in [-0.4, -0.2) is 39.8 Å². The molecule has 4 N–H and O–H groups in total. The smallest absolute Gasteiger partial charge is 0.291 e. The highest BCUT2D eigenvalue weighted by Crippen LogP contribution is 2.32. The van der Waals surface area contributed by atoms with E-state index < -0.39 is 17.0 Å². The lowest BCUT2D eigenvalue weighted by Gasteiger charge is -2.22. The van der Waals surface area contributed by atoms with E-state index in [2.05, 4.69) is 15.7 Å². The van der Waals surface area contributed by atoms with Crippen molar-refractivity contribution < 1.29 is 9.90 Å². The van der Waals surface area contributed by atoms with Crippen molar-refractivity contribution in [2.75, 3.05) is 24.7 Å². The van der Waals surface area contributed by atoms with Crippen molar-refractivity contribution in [2.24, 2.45) is 0 Å². The molecule has 0 aliphatic heterocycles. The maximum atomic E-state index is 13.7. The van der Waals surface area contributed by atoms with Crippen molar-refractivity contribution >= 4 is 23.0 Å². The van der Waals surface area contributed by atoms with Crippen LogP contribution >= 0.6 is 0 Å². The number of aromatic nitrogens is 2. The summed E-state index contributed by atoms with van der Waals surface area (Å²) in [7, 11) is 3.16. The number of aromatic amines is 1. The van der Waals surface area contributed by atoms with Gasteiger partial charge in [0.25, 0.3) is 17.0 Å². The lowest BCUT2D eigenvalue weighted by molar-refractivity contribution is 0.0824. The quantitative estimate of drug-likeness (QED) is 0.248. The van der Waals surface area contributed by atoms with Gasteiger partial charge in [0.1, 0.15) is 11.4 Å². The summed E-state index contributed by atoms with van der Waals surface area (Å²) >= 11 is 0. The number of nitrogens with zero attached hydrogens (tertiary/aromatic N) is 2. The van der Waals surface area contributed by atoms with Gasteiger partial charge in [0.15, 0.2) is 5.75 Å². The number of anilines is 3. The molecule has 3 aromatic carbocycles. The molecule has 1 heterocycles. The monoisotopic (exact) mass is 513 g/mol. The Balaban J connectivity index is 1.83. The highest BCUT2D eigenvalue weighted by Gasteiger charge is 2.22. The maximum absolute atomic E-state index is 13.7. The summed E-state index contributed by atoms with van der Waals surface area (Å²) in [5, 5.41) is 19.8. The molecule has 0 aliphatic rings. The van der Waals surface area contributed by atoms with E-state index >= 15 is 0 Å². The second-order valence-electron chi connectivity index (χ2n) is 9.11. The number of H-pyrrole nitrogens is 1. The Kier molecular flexibility index (Phi) is 7.96. The molecule has 4 aromatic rings. The van der Waals surface area contributed by atoms with Crippen LogP contribution in [0.15, 0.2) is 88.5 Å². The highest BCUT2D eigenvalue weighted by atomic mass is 16.3. The molecule has 1 amide bonds. The van der Waals surface area contributed by atoms with E-state index in [9.17, 15) is 19.5 Å². The molecule has 0 bridgehead atoms. The highest BCUT2D eigenvalue weighted by molar-refractivity contribution is 5.98. The van der Waals surface area contributed by atoms with E-state index in [0.29, 0.717) is 6.42 Å². The van der Waals surface area contributed by atoms with E-state index in [4.69, 9.17) is 0 Å². The van der Waals surface area contributed by atoms with Gasteiger partial charge in [-0.2, -0.15) is 0 Å². The molecule has 1 aromatic heterocycles. The molecule has 9 nitrogen and oxygen atoms in total. The summed E-state index contributed by atoms with van der Waals surface area (Å²) in [5.41, 5.74) is 0.981. The van der Waals surface area contributed by atoms with Crippen LogP contribution in [0, 0.1) is 0 Å². The zero-order valence-electron chi connectivity index (χ0n) is 21.6. The molecular formula is C29H31N5O4. The predicted molar refractivity (Wildman–Crippen MR) is 149 cm³/mol. The first-order valence-electron chi connectivity index (χ1n) is 12.3. The summed E-state index contributed by atoms with van der Waals surface area (Å²) in [6.45, 7) is 2.12. The van der Waals surface area contributed by atoms with Crippen LogP contribution in [0.3, 0.4) is 0 Å². The van der Waals surface area contributed by atoms with Crippen molar-refractivity contribution in [2.45, 2.75) is 25.9 Å². The van der Waals surface area contributed by atoms with E-state index in [-0.39, 0.29) is 41.0 Å². The predicted octanol–water partition coefficient (Wildman–Crippen LogP) is 4.30. The summed E-state index contributed by atoms with van der Waals surface area (Å²) < 4.78 is 1.22. The Morgan fingerprint density at radius 2 is 1.61 bits per heavy atom. The average Bonchev–Trinajstić information content (AvgIpc) is 2.93. The third-order valence-corrected chi connectivity index (χ3v) is 6.22. The fourth-order valence-corrected chi connectivity index (χ4v) is 4.19. The molecule has 4 rings (SSSR count). The van der Waals surface area contributed by atoms with Crippen molar-refractivity contribution in [3.63, 3.8) is 0 Å². The number of para-hydroxylation sites is 1. The molecule has 196 valence electrons. The van der Waals surface area contributed by atoms with Crippen LogP contribution in [0.5, 0.6) is 5.75 Å². The molecule has 0 saturated heterocycles. The molecule has 9 heteroatoms. The van der Waals surface area contributed by atoms with Gasteiger partial charge in [-0.3, -0.25) is 19.5 Å². The van der Waals surface area contributed by atoms with Crippen LogP contribution in [-0.2, 0) is 6.54 Å². The molecule has 1 atom stereocenters. The Hall–Kier alpha value is -4.79. The van der Waals surface area contributed by atoms with Gasteiger partial charge in [-0.1, -0.05) is 73.7 Å². The number of aromatic hydroxyl groups is 1. The minimum absolute atomic E-state index is 0.0381. The fourth-order valence-electron chi connectivity index (χ4n) is 4.19. The second kappa shape index (κ2) is 11.5. The van der Waals surface area contributed by atoms with Gasteiger partial charge in [0.05, 0.1) is 23.8 Å². The first-order chi connectivity index (χ1) is 18.3. The first-order valence-corrected chi connectivity index (χ1v) is 12.3. The van der Waals surface area contributed by atoms with Gasteiger partial charge in [-0.25, -0.2) is 4.68 Å². The summed E-state index contributed by atoms with van der Waals surface area (Å²) in [6, 6.07) is 23.3. The normalized spacial score (nSPS) is 11.6. The second-order valence-corrected chi connectivity index (χ2v) is 9.11. The third kappa shape index (κ3) is 5.62. The van der Waals surface area contributed by atoms with Crippen molar-refractivity contribution in [3.05, 3.63) is 116 Å². The Bertz CT molecular complexity index is 1530. The zero-order valence-corrected chi connectivity index (χ0v) is 21.6. The van der Waals surface area contributed by atoms with Crippen LogP contribution in [0.25, 0.3) is 0 Å². The fraction of sp³-hybridized carbons (Fsp3) is 0.207. The largest absolute Gasteiger partial charge is 0.505 e. The molecule has 38 heavy (non-hydrogen) atoms. The Morgan fingerprint density at radius 3 is 2.24 bits per heavy atom. The van der Waals surface area contributed by atoms with Crippen LogP contribution in [0.4, 0.5) is 17.1 Å². The van der Waals surface area contributed by atoms with Gasteiger partial charge >= 0.3 is 0 Å². The number of amides is 1. The molecular weight excluding hydrogens is 482 g/mol. The SMILES string of the molecule is CCC(Nc1c(Nc2cccc(C(=O)N(C)C)c2O)c(=O)n(Cc2ccccc2)[nH]c1=O)c1ccccc1. The van der Waals surface area contributed by atoms with Gasteiger partial charge in [-0.05, 0) is 29.7 Å². The number of carbonyl (C=O) groups excluding carboxylic acids is 1. The zero-order chi connectivity index (χ0) is 27.2. The van der Waals surface area contributed by atoms with Crippen LogP contribution < -0.4 is 21.8 Å². The summed E-state index contributed by atoms with van der Waals surface area (Å²) in [5.74, 6) is -0.714. The first kappa shape index (κ1) is 26.3. The van der Waals surface area contributed by atoms with E-state index in [1.807, 2.05) is 67.6 Å². The number of hydrogen-bond acceptors (Lipinski definition) is 6. The van der Waals surface area contributed by atoms with E-state index in [1.165, 1.54) is 15.6 Å². The van der Waals surface area contributed by atoms with Crippen molar-refractivity contribution in [1.82, 2.24) is 14.7 Å². The summed E-state index contributed by atoms with van der Waals surface area (Å²) in [4.78, 5) is 41.0. The molecule has 0 aliphatic carbocycles. The Morgan fingerprint density at radius 1 is 0.947 bits per heavy atom. The van der Waals surface area contributed by atoms with Gasteiger partial charge in [0, 0.05) is 14.1 Å². The minimum atomic E-state index is -0.502. The standard InChI is InChI=1S/C29H31N5O4/c1-4-22(20-14-9-6-10-15-20)30-24-25(31-23-17-11-16-21(26(23)35)28(37)33(2)3)29(38)34(32-27(24)36)18-19-12-7-5-8-13-19/h5-17,22,30-31,35H,4,18H2,1-3H3,(H,32,36). The number of nitrogens with one attached hydrogen (secondary N) is 3.